The van der Waals surface area contributed by atoms with Gasteiger partial charge in [-0.25, -0.2) is 0 Å². The first-order valence-corrected chi connectivity index (χ1v) is 5.92. The molecule has 0 saturated heterocycles. The van der Waals surface area contributed by atoms with Gasteiger partial charge in [0.25, 0.3) is 0 Å². The lowest BCUT2D eigenvalue weighted by Crippen LogP contribution is -2.41. The van der Waals surface area contributed by atoms with Crippen LogP contribution in [0.2, 0.25) is 12.6 Å². The maximum Gasteiger partial charge on any atom is 0.335 e. The number of hydrogen-bond acceptors (Lipinski definition) is 3. The van der Waals surface area contributed by atoms with Gasteiger partial charge in [-0.2, -0.15) is 0 Å². The fourth-order valence-electron chi connectivity index (χ4n) is 0.835. The Kier molecular flexibility index (Phi) is 4.11. The van der Waals surface area contributed by atoms with Crippen molar-refractivity contribution in [2.45, 2.75) is 25.6 Å². The van der Waals surface area contributed by atoms with E-state index in [4.69, 9.17) is 14.6 Å². The van der Waals surface area contributed by atoms with E-state index in [1.165, 1.54) is 0 Å². The third kappa shape index (κ3) is 3.31. The lowest BCUT2D eigenvalue weighted by Gasteiger charge is -2.24. The quantitative estimate of drug-likeness (QED) is 0.620. The lowest BCUT2D eigenvalue weighted by molar-refractivity contribution is 0.247. The zero-order valence-electron chi connectivity index (χ0n) is 7.18. The van der Waals surface area contributed by atoms with Crippen molar-refractivity contribution in [1.29, 1.82) is 0 Å². The molecule has 0 radical (unpaired) electrons. The Morgan fingerprint density at radius 2 is 1.80 bits per heavy atom. The molecule has 0 aliphatic heterocycles. The van der Waals surface area contributed by atoms with E-state index in [-0.39, 0.29) is 6.04 Å². The second-order valence-corrected chi connectivity index (χ2v) is 6.22. The molecule has 0 aromatic carbocycles. The van der Waals surface area contributed by atoms with Gasteiger partial charge in [-0.3, -0.25) is 0 Å². The smallest absolute Gasteiger partial charge is 0.335 e. The van der Waals surface area contributed by atoms with Crippen LogP contribution in [0, 0.1) is 0 Å². The number of hydrogen-bond donors (Lipinski definition) is 1. The molecule has 0 bridgehead atoms. The molecule has 0 rings (SSSR count). The van der Waals surface area contributed by atoms with Crippen molar-refractivity contribution in [3.05, 3.63) is 0 Å². The molecular formula is C6H17NO2Si. The number of nitrogens with two attached hydrogens (primary N) is 1. The second-order valence-electron chi connectivity index (χ2n) is 2.72. The monoisotopic (exact) mass is 163 g/mol. The third-order valence-corrected chi connectivity index (χ3v) is 4.67. The highest BCUT2D eigenvalue weighted by molar-refractivity contribution is 6.66. The highest BCUT2D eigenvalue weighted by Crippen LogP contribution is 2.11. The molecule has 1 unspecified atom stereocenters. The Hall–Kier alpha value is 0.0969. The molecule has 10 heavy (non-hydrogen) atoms. The molecule has 4 heteroatoms. The van der Waals surface area contributed by atoms with Crippen LogP contribution in [-0.2, 0) is 8.85 Å². The molecular weight excluding hydrogens is 146 g/mol. The molecule has 0 fully saturated rings. The Morgan fingerprint density at radius 1 is 1.40 bits per heavy atom. The largest absolute Gasteiger partial charge is 0.398 e. The summed E-state index contributed by atoms with van der Waals surface area (Å²) < 4.78 is 10.5. The lowest BCUT2D eigenvalue weighted by atomic mass is 10.4. The standard InChI is InChI=1S/C6H17NO2Si/c1-6(7)5-10(4,8-2)9-3/h6H,5,7H2,1-4H3. The SMILES string of the molecule is CO[Si](C)(CC(C)N)OC. The van der Waals surface area contributed by atoms with Gasteiger partial charge in [0.05, 0.1) is 0 Å². The van der Waals surface area contributed by atoms with E-state index in [9.17, 15) is 0 Å². The van der Waals surface area contributed by atoms with Gasteiger partial charge in [-0.05, 0) is 6.55 Å². The fraction of sp³-hybridized carbons (Fsp3) is 1.00. The first kappa shape index (κ1) is 10.1. The summed E-state index contributed by atoms with van der Waals surface area (Å²) in [6.07, 6.45) is 0. The first-order valence-electron chi connectivity index (χ1n) is 3.40. The summed E-state index contributed by atoms with van der Waals surface area (Å²) >= 11 is 0. The molecule has 0 aliphatic rings. The van der Waals surface area contributed by atoms with Crippen molar-refractivity contribution < 1.29 is 8.85 Å². The summed E-state index contributed by atoms with van der Waals surface area (Å²) in [6.45, 7) is 3.97. The molecule has 1 atom stereocenters. The van der Waals surface area contributed by atoms with Crippen molar-refractivity contribution in [3.8, 4) is 0 Å². The van der Waals surface area contributed by atoms with Gasteiger partial charge in [0.15, 0.2) is 0 Å². The van der Waals surface area contributed by atoms with Crippen LogP contribution in [0.3, 0.4) is 0 Å². The van der Waals surface area contributed by atoms with Crippen LogP contribution >= 0.6 is 0 Å². The van der Waals surface area contributed by atoms with E-state index in [1.54, 1.807) is 14.2 Å². The molecule has 0 amide bonds. The topological polar surface area (TPSA) is 44.5 Å². The van der Waals surface area contributed by atoms with Gasteiger partial charge in [0.2, 0.25) is 0 Å². The van der Waals surface area contributed by atoms with Crippen LogP contribution in [0.25, 0.3) is 0 Å². The Balaban J connectivity index is 3.80. The van der Waals surface area contributed by atoms with Crippen molar-refractivity contribution >= 4 is 8.56 Å². The minimum atomic E-state index is -1.89. The Morgan fingerprint density at radius 3 is 1.90 bits per heavy atom. The summed E-state index contributed by atoms with van der Waals surface area (Å²) in [4.78, 5) is 0. The highest BCUT2D eigenvalue weighted by Gasteiger charge is 2.29. The molecule has 0 heterocycles. The summed E-state index contributed by atoms with van der Waals surface area (Å²) in [5.41, 5.74) is 5.60. The predicted octanol–water partition coefficient (Wildman–Crippen LogP) is 0.698. The molecule has 0 saturated carbocycles. The molecule has 62 valence electrons. The van der Waals surface area contributed by atoms with Crippen LogP contribution in [0.15, 0.2) is 0 Å². The third-order valence-electron chi connectivity index (χ3n) is 1.56. The zero-order chi connectivity index (χ0) is 8.20. The molecule has 0 aromatic heterocycles. The van der Waals surface area contributed by atoms with Gasteiger partial charge in [0.1, 0.15) is 0 Å². The van der Waals surface area contributed by atoms with Gasteiger partial charge >= 0.3 is 8.56 Å². The van der Waals surface area contributed by atoms with E-state index in [0.29, 0.717) is 0 Å². The van der Waals surface area contributed by atoms with Gasteiger partial charge in [-0.15, -0.1) is 0 Å². The molecule has 3 nitrogen and oxygen atoms in total. The van der Waals surface area contributed by atoms with Crippen molar-refractivity contribution in [3.63, 3.8) is 0 Å². The van der Waals surface area contributed by atoms with Crippen LogP contribution in [0.4, 0.5) is 0 Å². The van der Waals surface area contributed by atoms with E-state index in [1.807, 2.05) is 13.5 Å². The van der Waals surface area contributed by atoms with Crippen LogP contribution in [-0.4, -0.2) is 28.8 Å². The summed E-state index contributed by atoms with van der Waals surface area (Å²) in [6, 6.07) is 1.01. The molecule has 0 spiro atoms. The predicted molar refractivity (Wildman–Crippen MR) is 44.1 cm³/mol. The highest BCUT2D eigenvalue weighted by atomic mass is 28.4. The summed E-state index contributed by atoms with van der Waals surface area (Å²) in [5, 5.41) is 0. The summed E-state index contributed by atoms with van der Waals surface area (Å²) in [7, 11) is 1.47. The maximum atomic E-state index is 5.60. The van der Waals surface area contributed by atoms with Crippen LogP contribution in [0.5, 0.6) is 0 Å². The maximum absolute atomic E-state index is 5.60. The zero-order valence-corrected chi connectivity index (χ0v) is 8.18. The normalized spacial score (nSPS) is 15.3. The second kappa shape index (κ2) is 4.08. The van der Waals surface area contributed by atoms with Crippen molar-refractivity contribution in [1.82, 2.24) is 0 Å². The average molecular weight is 163 g/mol. The van der Waals surface area contributed by atoms with Gasteiger partial charge < -0.3 is 14.6 Å². The van der Waals surface area contributed by atoms with Gasteiger partial charge in [0, 0.05) is 26.3 Å². The fourth-order valence-corrected chi connectivity index (χ4v) is 2.50. The van der Waals surface area contributed by atoms with Crippen molar-refractivity contribution in [2.24, 2.45) is 5.73 Å². The minimum absolute atomic E-state index is 0.163. The molecule has 2 N–H and O–H groups in total. The molecule has 0 aliphatic carbocycles. The van der Waals surface area contributed by atoms with Crippen LogP contribution < -0.4 is 5.73 Å². The Labute approximate surface area is 63.8 Å². The summed E-state index contributed by atoms with van der Waals surface area (Å²) in [5.74, 6) is 0. The number of rotatable bonds is 4. The van der Waals surface area contributed by atoms with Crippen LogP contribution in [0.1, 0.15) is 6.92 Å². The first-order chi connectivity index (χ1) is 4.54. The van der Waals surface area contributed by atoms with E-state index in [2.05, 4.69) is 0 Å². The minimum Gasteiger partial charge on any atom is -0.398 e. The molecule has 0 aromatic rings. The van der Waals surface area contributed by atoms with Crippen molar-refractivity contribution in [2.75, 3.05) is 14.2 Å². The average Bonchev–Trinajstić information content (AvgIpc) is 1.87. The van der Waals surface area contributed by atoms with E-state index >= 15 is 0 Å². The van der Waals surface area contributed by atoms with E-state index in [0.717, 1.165) is 6.04 Å². The van der Waals surface area contributed by atoms with Gasteiger partial charge in [-0.1, -0.05) is 6.92 Å². The Bertz CT molecular complexity index is 93.7. The van der Waals surface area contributed by atoms with E-state index < -0.39 is 8.56 Å².